The molecule has 0 bridgehead atoms. The van der Waals surface area contributed by atoms with Gasteiger partial charge in [0.05, 0.1) is 0 Å². The van der Waals surface area contributed by atoms with E-state index in [1.165, 1.54) is 0 Å². The van der Waals surface area contributed by atoms with Gasteiger partial charge >= 0.3 is 5.97 Å². The van der Waals surface area contributed by atoms with Crippen LogP contribution in [0.4, 0.5) is 4.39 Å². The standard InChI is InChI=1S/C6H12FNO2/c7-3-5-8-4-1-2-6(9)10/h8H,1-5H2,(H,9,10). The van der Waals surface area contributed by atoms with Gasteiger partial charge in [-0.25, -0.2) is 4.39 Å². The van der Waals surface area contributed by atoms with Crippen molar-refractivity contribution in [3.8, 4) is 0 Å². The van der Waals surface area contributed by atoms with Gasteiger partial charge in [0.15, 0.2) is 0 Å². The number of hydrogen-bond acceptors (Lipinski definition) is 2. The molecule has 0 aliphatic heterocycles. The summed E-state index contributed by atoms with van der Waals surface area (Å²) in [6.45, 7) is 0.503. The number of carbonyl (C=O) groups is 1. The molecule has 0 fully saturated rings. The van der Waals surface area contributed by atoms with Gasteiger partial charge in [0.1, 0.15) is 6.67 Å². The maximum atomic E-state index is 11.4. The van der Waals surface area contributed by atoms with Crippen LogP contribution in [-0.2, 0) is 4.79 Å². The number of carboxylic acids is 1. The summed E-state index contributed by atoms with van der Waals surface area (Å²) in [4.78, 5) is 9.93. The topological polar surface area (TPSA) is 49.3 Å². The lowest BCUT2D eigenvalue weighted by atomic mass is 10.3. The number of hydrogen-bond donors (Lipinski definition) is 2. The Morgan fingerprint density at radius 3 is 2.70 bits per heavy atom. The molecule has 0 aromatic carbocycles. The Morgan fingerprint density at radius 1 is 1.50 bits per heavy atom. The van der Waals surface area contributed by atoms with Gasteiger partial charge in [0, 0.05) is 13.0 Å². The molecule has 0 aliphatic rings. The predicted octanol–water partition coefficient (Wildman–Crippen LogP) is 0.410. The summed E-state index contributed by atoms with van der Waals surface area (Å²) >= 11 is 0. The highest BCUT2D eigenvalue weighted by molar-refractivity contribution is 5.66. The Balaban J connectivity index is 2.84. The SMILES string of the molecule is O=C(O)CCCNCCF. The summed E-state index contributed by atoms with van der Waals surface area (Å²) in [6.07, 6.45) is 0.717. The molecule has 0 radical (unpaired) electrons. The zero-order chi connectivity index (χ0) is 7.82. The van der Waals surface area contributed by atoms with Gasteiger partial charge in [-0.3, -0.25) is 4.79 Å². The Hall–Kier alpha value is -0.640. The molecule has 0 saturated carbocycles. The second kappa shape index (κ2) is 6.48. The number of nitrogens with one attached hydrogen (secondary N) is 1. The van der Waals surface area contributed by atoms with E-state index in [1.807, 2.05) is 0 Å². The van der Waals surface area contributed by atoms with E-state index >= 15 is 0 Å². The smallest absolute Gasteiger partial charge is 0.303 e. The zero-order valence-electron chi connectivity index (χ0n) is 5.77. The predicted molar refractivity (Wildman–Crippen MR) is 35.7 cm³/mol. The fourth-order valence-corrected chi connectivity index (χ4v) is 0.556. The van der Waals surface area contributed by atoms with Crippen LogP contribution in [0.5, 0.6) is 0 Å². The largest absolute Gasteiger partial charge is 0.481 e. The van der Waals surface area contributed by atoms with Gasteiger partial charge in [0.25, 0.3) is 0 Å². The molecule has 3 nitrogen and oxygen atoms in total. The Kier molecular flexibility index (Phi) is 6.06. The quantitative estimate of drug-likeness (QED) is 0.538. The summed E-state index contributed by atoms with van der Waals surface area (Å²) < 4.78 is 11.4. The van der Waals surface area contributed by atoms with E-state index < -0.39 is 12.6 Å². The Labute approximate surface area is 59.2 Å². The van der Waals surface area contributed by atoms with Gasteiger partial charge in [0.2, 0.25) is 0 Å². The molecule has 0 aromatic heterocycles. The molecule has 0 heterocycles. The molecule has 0 spiro atoms. The van der Waals surface area contributed by atoms with Crippen LogP contribution in [0.1, 0.15) is 12.8 Å². The highest BCUT2D eigenvalue weighted by Crippen LogP contribution is 1.84. The third kappa shape index (κ3) is 7.36. The molecular weight excluding hydrogens is 137 g/mol. The summed E-state index contributed by atoms with van der Waals surface area (Å²) in [5, 5.41) is 10.9. The monoisotopic (exact) mass is 149 g/mol. The van der Waals surface area contributed by atoms with Gasteiger partial charge in [-0.2, -0.15) is 0 Å². The van der Waals surface area contributed by atoms with Crippen molar-refractivity contribution in [1.29, 1.82) is 0 Å². The third-order valence-electron chi connectivity index (χ3n) is 1.02. The van der Waals surface area contributed by atoms with Crippen molar-refractivity contribution in [2.45, 2.75) is 12.8 Å². The first-order chi connectivity index (χ1) is 4.77. The Morgan fingerprint density at radius 2 is 2.20 bits per heavy atom. The van der Waals surface area contributed by atoms with Crippen molar-refractivity contribution in [3.05, 3.63) is 0 Å². The van der Waals surface area contributed by atoms with Gasteiger partial charge in [-0.15, -0.1) is 0 Å². The minimum Gasteiger partial charge on any atom is -0.481 e. The number of aliphatic carboxylic acids is 1. The molecular formula is C6H12FNO2. The summed E-state index contributed by atoms with van der Waals surface area (Å²) in [5.41, 5.74) is 0. The first kappa shape index (κ1) is 9.36. The summed E-state index contributed by atoms with van der Waals surface area (Å²) in [5.74, 6) is -0.804. The molecule has 0 atom stereocenters. The van der Waals surface area contributed by atoms with Crippen molar-refractivity contribution in [3.63, 3.8) is 0 Å². The van der Waals surface area contributed by atoms with Crippen LogP contribution in [0.2, 0.25) is 0 Å². The molecule has 4 heteroatoms. The molecule has 0 amide bonds. The first-order valence-corrected chi connectivity index (χ1v) is 3.26. The first-order valence-electron chi connectivity index (χ1n) is 3.26. The van der Waals surface area contributed by atoms with Crippen LogP contribution in [0.25, 0.3) is 0 Å². The van der Waals surface area contributed by atoms with E-state index in [2.05, 4.69) is 5.32 Å². The number of halogens is 1. The maximum absolute atomic E-state index is 11.4. The molecule has 0 saturated heterocycles. The molecule has 0 aliphatic carbocycles. The van der Waals surface area contributed by atoms with Crippen molar-refractivity contribution >= 4 is 5.97 Å². The molecule has 0 unspecified atom stereocenters. The minimum absolute atomic E-state index is 0.152. The van der Waals surface area contributed by atoms with E-state index in [0.29, 0.717) is 19.5 Å². The van der Waals surface area contributed by atoms with E-state index in [4.69, 9.17) is 5.11 Å². The average Bonchev–Trinajstić information content (AvgIpc) is 1.87. The lowest BCUT2D eigenvalue weighted by Gasteiger charge is -1.97. The highest BCUT2D eigenvalue weighted by atomic mass is 19.1. The van der Waals surface area contributed by atoms with Crippen molar-refractivity contribution < 1.29 is 14.3 Å². The van der Waals surface area contributed by atoms with E-state index in [-0.39, 0.29) is 6.42 Å². The van der Waals surface area contributed by atoms with Crippen molar-refractivity contribution in [1.82, 2.24) is 5.32 Å². The van der Waals surface area contributed by atoms with Crippen molar-refractivity contribution in [2.24, 2.45) is 0 Å². The number of rotatable bonds is 6. The fourth-order valence-electron chi connectivity index (χ4n) is 0.556. The molecule has 10 heavy (non-hydrogen) atoms. The lowest BCUT2D eigenvalue weighted by molar-refractivity contribution is -0.137. The van der Waals surface area contributed by atoms with Crippen LogP contribution in [0, 0.1) is 0 Å². The van der Waals surface area contributed by atoms with Gasteiger partial charge in [-0.1, -0.05) is 0 Å². The molecule has 2 N–H and O–H groups in total. The zero-order valence-corrected chi connectivity index (χ0v) is 5.77. The van der Waals surface area contributed by atoms with Crippen LogP contribution in [-0.4, -0.2) is 30.8 Å². The van der Waals surface area contributed by atoms with Gasteiger partial charge < -0.3 is 10.4 Å². The maximum Gasteiger partial charge on any atom is 0.303 e. The summed E-state index contributed by atoms with van der Waals surface area (Å²) in [7, 11) is 0. The number of alkyl halides is 1. The van der Waals surface area contributed by atoms with Crippen LogP contribution >= 0.6 is 0 Å². The van der Waals surface area contributed by atoms with E-state index in [9.17, 15) is 9.18 Å². The van der Waals surface area contributed by atoms with Crippen LogP contribution < -0.4 is 5.32 Å². The summed E-state index contributed by atoms with van der Waals surface area (Å²) in [6, 6.07) is 0. The normalized spacial score (nSPS) is 9.70. The molecule has 60 valence electrons. The lowest BCUT2D eigenvalue weighted by Crippen LogP contribution is -2.18. The highest BCUT2D eigenvalue weighted by Gasteiger charge is 1.94. The van der Waals surface area contributed by atoms with Gasteiger partial charge in [-0.05, 0) is 13.0 Å². The molecule has 0 aromatic rings. The van der Waals surface area contributed by atoms with Crippen molar-refractivity contribution in [2.75, 3.05) is 19.8 Å². The number of carboxylic acid groups (broad SMARTS) is 1. The second-order valence-corrected chi connectivity index (χ2v) is 1.94. The van der Waals surface area contributed by atoms with Crippen LogP contribution in [0.15, 0.2) is 0 Å². The van der Waals surface area contributed by atoms with E-state index in [1.54, 1.807) is 0 Å². The average molecular weight is 149 g/mol. The fraction of sp³-hybridized carbons (Fsp3) is 0.833. The minimum atomic E-state index is -0.804. The van der Waals surface area contributed by atoms with E-state index in [0.717, 1.165) is 0 Å². The third-order valence-corrected chi connectivity index (χ3v) is 1.02. The Bertz CT molecular complexity index is 97.7. The molecule has 0 rings (SSSR count). The second-order valence-electron chi connectivity index (χ2n) is 1.94. The van der Waals surface area contributed by atoms with Crippen LogP contribution in [0.3, 0.4) is 0 Å².